The van der Waals surface area contributed by atoms with Gasteiger partial charge in [0.05, 0.1) is 6.61 Å². The molecule has 0 aliphatic carbocycles. The first-order valence-electron chi connectivity index (χ1n) is 5.94. The molecule has 1 rings (SSSR count). The highest BCUT2D eigenvalue weighted by molar-refractivity contribution is 6.31. The topological polar surface area (TPSA) is 81.4 Å². The maximum atomic E-state index is 11.4. The summed E-state index contributed by atoms with van der Waals surface area (Å²) < 4.78 is 4.88. The van der Waals surface area contributed by atoms with Crippen molar-refractivity contribution in [2.75, 3.05) is 6.61 Å². The van der Waals surface area contributed by atoms with Crippen LogP contribution in [0.4, 0.5) is 0 Å². The van der Waals surface area contributed by atoms with Crippen LogP contribution >= 0.6 is 11.6 Å². The van der Waals surface area contributed by atoms with E-state index in [0.717, 1.165) is 5.56 Å². The second kappa shape index (κ2) is 7.11. The first kappa shape index (κ1) is 15.5. The third-order valence-corrected chi connectivity index (χ3v) is 2.93. The number of hydrogen-bond donors (Lipinski definition) is 2. The van der Waals surface area contributed by atoms with E-state index in [-0.39, 0.29) is 5.97 Å². The lowest BCUT2D eigenvalue weighted by atomic mass is 10.1. The molecule has 0 heterocycles. The van der Waals surface area contributed by atoms with Crippen LogP contribution in [0.1, 0.15) is 29.8 Å². The largest absolute Gasteiger partial charge is 0.465 e. The number of nitrogens with one attached hydrogen (secondary N) is 1. The van der Waals surface area contributed by atoms with Crippen LogP contribution in [0.15, 0.2) is 18.2 Å². The maximum absolute atomic E-state index is 11.4. The average molecular weight is 285 g/mol. The van der Waals surface area contributed by atoms with Gasteiger partial charge < -0.3 is 15.8 Å². The molecule has 6 heteroatoms. The Morgan fingerprint density at radius 1 is 1.47 bits per heavy atom. The summed E-state index contributed by atoms with van der Waals surface area (Å²) in [5.41, 5.74) is 6.29. The van der Waals surface area contributed by atoms with Gasteiger partial charge in [0.15, 0.2) is 0 Å². The van der Waals surface area contributed by atoms with E-state index in [1.54, 1.807) is 26.0 Å². The number of amides is 1. The summed E-state index contributed by atoms with van der Waals surface area (Å²) in [6.45, 7) is 4.21. The van der Waals surface area contributed by atoms with E-state index in [0.29, 0.717) is 23.7 Å². The molecule has 1 aromatic carbocycles. The summed E-state index contributed by atoms with van der Waals surface area (Å²) >= 11 is 6.03. The number of rotatable bonds is 6. The number of hydrogen-bond acceptors (Lipinski definition) is 4. The highest BCUT2D eigenvalue weighted by Gasteiger charge is 2.13. The Balaban J connectivity index is 2.63. The fourth-order valence-electron chi connectivity index (χ4n) is 1.46. The van der Waals surface area contributed by atoms with Gasteiger partial charge in [-0.05, 0) is 31.5 Å². The van der Waals surface area contributed by atoms with Crippen LogP contribution in [0.2, 0.25) is 5.02 Å². The second-order valence-electron chi connectivity index (χ2n) is 4.03. The van der Waals surface area contributed by atoms with Crippen LogP contribution in [-0.2, 0) is 16.1 Å². The number of ether oxygens (including phenoxy) is 1. The molecule has 1 unspecified atom stereocenters. The summed E-state index contributed by atoms with van der Waals surface area (Å²) in [4.78, 5) is 22.4. The molecule has 19 heavy (non-hydrogen) atoms. The fraction of sp³-hybridized carbons (Fsp3) is 0.385. The number of carbonyl (C=O) groups excluding carboxylic acids is 2. The van der Waals surface area contributed by atoms with Crippen LogP contribution < -0.4 is 11.1 Å². The summed E-state index contributed by atoms with van der Waals surface area (Å²) in [6.07, 6.45) is 0. The molecule has 104 valence electrons. The molecule has 0 bridgehead atoms. The molecule has 0 aliphatic heterocycles. The van der Waals surface area contributed by atoms with E-state index in [1.165, 1.54) is 6.07 Å². The van der Waals surface area contributed by atoms with Gasteiger partial charge in [0.1, 0.15) is 6.04 Å². The van der Waals surface area contributed by atoms with Gasteiger partial charge in [0.25, 0.3) is 0 Å². The Morgan fingerprint density at radius 2 is 2.16 bits per heavy atom. The van der Waals surface area contributed by atoms with Crippen LogP contribution in [0, 0.1) is 0 Å². The van der Waals surface area contributed by atoms with Gasteiger partial charge in [0, 0.05) is 17.1 Å². The van der Waals surface area contributed by atoms with Crippen molar-refractivity contribution in [1.29, 1.82) is 0 Å². The minimum absolute atomic E-state index is 0.313. The van der Waals surface area contributed by atoms with Crippen LogP contribution in [0.25, 0.3) is 0 Å². The van der Waals surface area contributed by atoms with Gasteiger partial charge in [-0.3, -0.25) is 9.59 Å². The Kier molecular flexibility index (Phi) is 5.79. The van der Waals surface area contributed by atoms with Crippen molar-refractivity contribution < 1.29 is 14.3 Å². The monoisotopic (exact) mass is 284 g/mol. The van der Waals surface area contributed by atoms with Crippen LogP contribution in [-0.4, -0.2) is 24.5 Å². The minimum atomic E-state index is -0.527. The van der Waals surface area contributed by atoms with Gasteiger partial charge in [-0.15, -0.1) is 0 Å². The van der Waals surface area contributed by atoms with Gasteiger partial charge in [-0.2, -0.15) is 0 Å². The summed E-state index contributed by atoms with van der Waals surface area (Å²) in [5, 5.41) is 3.43. The Labute approximate surface area is 117 Å². The molecule has 0 aliphatic rings. The molecule has 5 nitrogen and oxygen atoms in total. The molecule has 1 aromatic rings. The third-order valence-electron chi connectivity index (χ3n) is 2.58. The van der Waals surface area contributed by atoms with Crippen molar-refractivity contribution in [3.63, 3.8) is 0 Å². The Bertz CT molecular complexity index is 477. The molecule has 0 saturated heterocycles. The predicted molar refractivity (Wildman–Crippen MR) is 72.9 cm³/mol. The zero-order chi connectivity index (χ0) is 14.4. The lowest BCUT2D eigenvalue weighted by Crippen LogP contribution is -2.35. The lowest BCUT2D eigenvalue weighted by molar-refractivity contribution is -0.145. The van der Waals surface area contributed by atoms with Crippen molar-refractivity contribution in [3.05, 3.63) is 34.3 Å². The highest BCUT2D eigenvalue weighted by Crippen LogP contribution is 2.17. The first-order chi connectivity index (χ1) is 8.95. The van der Waals surface area contributed by atoms with Gasteiger partial charge in [-0.25, -0.2) is 0 Å². The van der Waals surface area contributed by atoms with E-state index in [1.807, 2.05) is 0 Å². The van der Waals surface area contributed by atoms with E-state index >= 15 is 0 Å². The van der Waals surface area contributed by atoms with E-state index in [2.05, 4.69) is 5.32 Å². The number of halogens is 1. The average Bonchev–Trinajstić information content (AvgIpc) is 2.36. The number of primary amides is 1. The van der Waals surface area contributed by atoms with Crippen molar-refractivity contribution in [1.82, 2.24) is 5.32 Å². The Morgan fingerprint density at radius 3 is 2.68 bits per heavy atom. The molecule has 1 amide bonds. The second-order valence-corrected chi connectivity index (χ2v) is 4.43. The van der Waals surface area contributed by atoms with E-state index in [9.17, 15) is 9.59 Å². The molecule has 0 fully saturated rings. The quantitative estimate of drug-likeness (QED) is 0.775. The number of carbonyl (C=O) groups is 2. The smallest absolute Gasteiger partial charge is 0.322 e. The lowest BCUT2D eigenvalue weighted by Gasteiger charge is -2.13. The van der Waals surface area contributed by atoms with Crippen LogP contribution in [0.5, 0.6) is 0 Å². The van der Waals surface area contributed by atoms with Gasteiger partial charge >= 0.3 is 5.97 Å². The van der Waals surface area contributed by atoms with Crippen molar-refractivity contribution in [2.24, 2.45) is 5.73 Å². The fourth-order valence-corrected chi connectivity index (χ4v) is 1.70. The summed E-state index contributed by atoms with van der Waals surface area (Å²) in [7, 11) is 0. The minimum Gasteiger partial charge on any atom is -0.465 e. The van der Waals surface area contributed by atoms with E-state index < -0.39 is 11.9 Å². The summed E-state index contributed by atoms with van der Waals surface area (Å²) in [5.74, 6) is -0.839. The standard InChI is InChI=1S/C13H17ClN2O3/c1-3-19-13(18)8(2)16-7-10-5-4-9(12(15)17)6-11(10)14/h4-6,8,16H,3,7H2,1-2H3,(H2,15,17). The molecular formula is C13H17ClN2O3. The van der Waals surface area contributed by atoms with Crippen LogP contribution in [0.3, 0.4) is 0 Å². The van der Waals surface area contributed by atoms with Crippen molar-refractivity contribution in [3.8, 4) is 0 Å². The van der Waals surface area contributed by atoms with E-state index in [4.69, 9.17) is 22.1 Å². The maximum Gasteiger partial charge on any atom is 0.322 e. The predicted octanol–water partition coefficient (Wildman–Crippen LogP) is 1.48. The molecule has 0 radical (unpaired) electrons. The normalized spacial score (nSPS) is 11.9. The number of nitrogens with two attached hydrogens (primary N) is 1. The summed E-state index contributed by atoms with van der Waals surface area (Å²) in [6, 6.07) is 4.38. The van der Waals surface area contributed by atoms with Crippen molar-refractivity contribution in [2.45, 2.75) is 26.4 Å². The Hall–Kier alpha value is -1.59. The zero-order valence-corrected chi connectivity index (χ0v) is 11.7. The zero-order valence-electron chi connectivity index (χ0n) is 10.9. The number of esters is 1. The molecule has 0 saturated carbocycles. The molecule has 0 spiro atoms. The SMILES string of the molecule is CCOC(=O)C(C)NCc1ccc(C(N)=O)cc1Cl. The molecule has 0 aromatic heterocycles. The van der Waals surface area contributed by atoms with Gasteiger partial charge in [-0.1, -0.05) is 17.7 Å². The third kappa shape index (κ3) is 4.54. The highest BCUT2D eigenvalue weighted by atomic mass is 35.5. The first-order valence-corrected chi connectivity index (χ1v) is 6.31. The molecule has 3 N–H and O–H groups in total. The van der Waals surface area contributed by atoms with Gasteiger partial charge in [0.2, 0.25) is 5.91 Å². The molecular weight excluding hydrogens is 268 g/mol. The number of benzene rings is 1. The van der Waals surface area contributed by atoms with Crippen molar-refractivity contribution >= 4 is 23.5 Å². The molecule has 1 atom stereocenters.